The quantitative estimate of drug-likeness (QED) is 0.451. The van der Waals surface area contributed by atoms with Crippen LogP contribution in [0.3, 0.4) is 0 Å². The van der Waals surface area contributed by atoms with Gasteiger partial charge in [0.05, 0.1) is 6.54 Å². The molecule has 0 bridgehead atoms. The van der Waals surface area contributed by atoms with Crippen LogP contribution in [0.25, 0.3) is 0 Å². The van der Waals surface area contributed by atoms with E-state index in [0.29, 0.717) is 32.7 Å². The van der Waals surface area contributed by atoms with Crippen LogP contribution in [0.1, 0.15) is 34.6 Å². The minimum absolute atomic E-state index is 0.0488. The molecule has 1 atom stereocenters. The van der Waals surface area contributed by atoms with Crippen LogP contribution in [0.4, 0.5) is 13.2 Å². The zero-order valence-electron chi connectivity index (χ0n) is 15.5. The highest BCUT2D eigenvalue weighted by Gasteiger charge is 2.41. The number of guanidine groups is 1. The van der Waals surface area contributed by atoms with Gasteiger partial charge in [0.25, 0.3) is 0 Å². The van der Waals surface area contributed by atoms with E-state index >= 15 is 0 Å². The fraction of sp³-hybridized carbons (Fsp3) is 0.938. The van der Waals surface area contributed by atoms with Crippen molar-refractivity contribution >= 4 is 5.96 Å². The monoisotopic (exact) mass is 351 g/mol. The van der Waals surface area contributed by atoms with Gasteiger partial charge in [0.1, 0.15) is 6.04 Å². The Bertz CT molecular complexity index is 395. The van der Waals surface area contributed by atoms with Crippen molar-refractivity contribution in [1.29, 1.82) is 0 Å². The highest BCUT2D eigenvalue weighted by Crippen LogP contribution is 2.25. The molecule has 1 unspecified atom stereocenters. The fourth-order valence-corrected chi connectivity index (χ4v) is 2.55. The summed E-state index contributed by atoms with van der Waals surface area (Å²) in [6, 6.07) is -1.39. The van der Waals surface area contributed by atoms with Crippen molar-refractivity contribution in [1.82, 2.24) is 20.4 Å². The number of alkyl halides is 3. The van der Waals surface area contributed by atoms with Crippen LogP contribution in [0, 0.1) is 0 Å². The third-order valence-electron chi connectivity index (χ3n) is 4.00. The van der Waals surface area contributed by atoms with E-state index in [1.54, 1.807) is 0 Å². The van der Waals surface area contributed by atoms with Crippen LogP contribution >= 0.6 is 0 Å². The van der Waals surface area contributed by atoms with E-state index in [1.165, 1.54) is 11.8 Å². The van der Waals surface area contributed by atoms with Gasteiger partial charge in [-0.3, -0.25) is 9.89 Å². The number of piperazine rings is 1. The standard InChI is InChI=1S/C16H32F3N5/c1-6-20-14(21-7-8-22-15(3,4)5)24-11-9-23(10-12-24)13(2)16(17,18)19/h13,22H,6-12H2,1-5H3,(H,20,21). The van der Waals surface area contributed by atoms with Crippen molar-refractivity contribution in [3.8, 4) is 0 Å². The Labute approximate surface area is 143 Å². The van der Waals surface area contributed by atoms with Crippen LogP contribution in [-0.2, 0) is 0 Å². The normalized spacial score (nSPS) is 19.5. The Balaban J connectivity index is 2.53. The average Bonchev–Trinajstić information content (AvgIpc) is 2.48. The second kappa shape index (κ2) is 8.89. The molecule has 2 N–H and O–H groups in total. The van der Waals surface area contributed by atoms with Gasteiger partial charge < -0.3 is 15.5 Å². The summed E-state index contributed by atoms with van der Waals surface area (Å²) in [6.07, 6.45) is -4.17. The highest BCUT2D eigenvalue weighted by atomic mass is 19.4. The Hall–Kier alpha value is -1.02. The molecule has 0 aliphatic carbocycles. The first-order valence-corrected chi connectivity index (χ1v) is 8.63. The van der Waals surface area contributed by atoms with E-state index < -0.39 is 12.2 Å². The van der Waals surface area contributed by atoms with E-state index in [-0.39, 0.29) is 5.54 Å². The van der Waals surface area contributed by atoms with Gasteiger partial charge in [-0.1, -0.05) is 0 Å². The molecule has 142 valence electrons. The zero-order chi connectivity index (χ0) is 18.4. The summed E-state index contributed by atoms with van der Waals surface area (Å²) >= 11 is 0. The Kier molecular flexibility index (Phi) is 7.79. The molecule has 0 saturated carbocycles. The Morgan fingerprint density at radius 1 is 1.12 bits per heavy atom. The molecule has 1 fully saturated rings. The lowest BCUT2D eigenvalue weighted by Crippen LogP contribution is -2.56. The number of rotatable bonds is 5. The van der Waals surface area contributed by atoms with Gasteiger partial charge in [-0.2, -0.15) is 13.2 Å². The molecule has 1 saturated heterocycles. The second-order valence-corrected chi connectivity index (χ2v) is 7.15. The molecule has 1 heterocycles. The topological polar surface area (TPSA) is 42.9 Å². The van der Waals surface area contributed by atoms with Crippen molar-refractivity contribution in [3.63, 3.8) is 0 Å². The average molecular weight is 351 g/mol. The molecule has 24 heavy (non-hydrogen) atoms. The number of hydrogen-bond donors (Lipinski definition) is 2. The molecular weight excluding hydrogens is 319 g/mol. The molecule has 0 aromatic carbocycles. The first kappa shape index (κ1) is 21.0. The van der Waals surface area contributed by atoms with Gasteiger partial charge in [0.15, 0.2) is 5.96 Å². The summed E-state index contributed by atoms with van der Waals surface area (Å²) in [5, 5.41) is 6.61. The zero-order valence-corrected chi connectivity index (χ0v) is 15.5. The van der Waals surface area contributed by atoms with Crippen LogP contribution < -0.4 is 10.6 Å². The molecule has 1 rings (SSSR count). The SMILES string of the molecule is CCNC(=NCCNC(C)(C)C)N1CCN(C(C)C(F)(F)F)CC1. The van der Waals surface area contributed by atoms with Crippen molar-refractivity contribution in [2.75, 3.05) is 45.8 Å². The molecule has 0 aromatic rings. The van der Waals surface area contributed by atoms with E-state index in [2.05, 4.69) is 36.4 Å². The number of nitrogens with zero attached hydrogens (tertiary/aromatic N) is 3. The molecule has 8 heteroatoms. The minimum Gasteiger partial charge on any atom is -0.357 e. The predicted octanol–water partition coefficient (Wildman–Crippen LogP) is 1.91. The maximum atomic E-state index is 12.8. The summed E-state index contributed by atoms with van der Waals surface area (Å²) in [4.78, 5) is 8.12. The first-order valence-electron chi connectivity index (χ1n) is 8.63. The summed E-state index contributed by atoms with van der Waals surface area (Å²) in [5.74, 6) is 0.785. The third kappa shape index (κ3) is 7.25. The molecule has 0 radical (unpaired) electrons. The van der Waals surface area contributed by atoms with Gasteiger partial charge in [-0.05, 0) is 34.6 Å². The van der Waals surface area contributed by atoms with Gasteiger partial charge in [-0.15, -0.1) is 0 Å². The maximum Gasteiger partial charge on any atom is 0.403 e. The lowest BCUT2D eigenvalue weighted by molar-refractivity contribution is -0.181. The van der Waals surface area contributed by atoms with E-state index in [1.807, 2.05) is 11.8 Å². The molecule has 1 aliphatic heterocycles. The maximum absolute atomic E-state index is 12.8. The lowest BCUT2D eigenvalue weighted by Gasteiger charge is -2.39. The van der Waals surface area contributed by atoms with Crippen molar-refractivity contribution < 1.29 is 13.2 Å². The van der Waals surface area contributed by atoms with Crippen molar-refractivity contribution in [3.05, 3.63) is 0 Å². The number of aliphatic imine (C=N–C) groups is 1. The number of nitrogens with one attached hydrogen (secondary N) is 2. The van der Waals surface area contributed by atoms with Gasteiger partial charge >= 0.3 is 6.18 Å². The predicted molar refractivity (Wildman–Crippen MR) is 92.4 cm³/mol. The summed E-state index contributed by atoms with van der Waals surface area (Å²) in [7, 11) is 0. The van der Waals surface area contributed by atoms with E-state index in [0.717, 1.165) is 19.0 Å². The minimum atomic E-state index is -4.17. The molecule has 0 spiro atoms. The molecule has 0 amide bonds. The van der Waals surface area contributed by atoms with Crippen molar-refractivity contribution in [2.45, 2.75) is 52.4 Å². The molecule has 5 nitrogen and oxygen atoms in total. The van der Waals surface area contributed by atoms with Gasteiger partial charge in [0, 0.05) is 44.8 Å². The number of halogens is 3. The van der Waals surface area contributed by atoms with Gasteiger partial charge in [0.2, 0.25) is 0 Å². The smallest absolute Gasteiger partial charge is 0.357 e. The molecular formula is C16H32F3N5. The third-order valence-corrected chi connectivity index (χ3v) is 4.00. The van der Waals surface area contributed by atoms with E-state index in [9.17, 15) is 13.2 Å². The van der Waals surface area contributed by atoms with Crippen LogP contribution in [0.2, 0.25) is 0 Å². The Morgan fingerprint density at radius 3 is 2.17 bits per heavy atom. The molecule has 0 aromatic heterocycles. The largest absolute Gasteiger partial charge is 0.403 e. The van der Waals surface area contributed by atoms with Gasteiger partial charge in [-0.25, -0.2) is 0 Å². The summed E-state index contributed by atoms with van der Waals surface area (Å²) < 4.78 is 38.4. The van der Waals surface area contributed by atoms with E-state index in [4.69, 9.17) is 0 Å². The first-order chi connectivity index (χ1) is 11.0. The van der Waals surface area contributed by atoms with Crippen LogP contribution in [0.5, 0.6) is 0 Å². The Morgan fingerprint density at radius 2 is 1.71 bits per heavy atom. The summed E-state index contributed by atoms with van der Waals surface area (Å²) in [6.45, 7) is 13.6. The van der Waals surface area contributed by atoms with Crippen LogP contribution in [-0.4, -0.2) is 79.3 Å². The highest BCUT2D eigenvalue weighted by molar-refractivity contribution is 5.80. The fourth-order valence-electron chi connectivity index (χ4n) is 2.55. The second-order valence-electron chi connectivity index (χ2n) is 7.15. The lowest BCUT2D eigenvalue weighted by atomic mass is 10.1. The molecule has 1 aliphatic rings. The summed E-state index contributed by atoms with van der Waals surface area (Å²) in [5.41, 5.74) is 0.0488. The number of hydrogen-bond acceptors (Lipinski definition) is 3. The van der Waals surface area contributed by atoms with Crippen LogP contribution in [0.15, 0.2) is 4.99 Å². The van der Waals surface area contributed by atoms with Crippen molar-refractivity contribution in [2.24, 2.45) is 4.99 Å².